The molecule has 2 aromatic carbocycles. The molecule has 0 saturated carbocycles. The summed E-state index contributed by atoms with van der Waals surface area (Å²) >= 11 is 0. The Morgan fingerprint density at radius 1 is 1.09 bits per heavy atom. The van der Waals surface area contributed by atoms with E-state index in [9.17, 15) is 19.7 Å². The maximum atomic E-state index is 12.8. The standard InChI is InChI=1S/C22H20N6O4/c29-20(23-12-6-9-16-7-2-1-3-8-16)14-26-15-24-21-17(22(26)30)13-25-27(21)18-10-4-5-11-19(18)28(31)32/h1-5,7-8,10-11,13,15H,6,9,12,14H2,(H,23,29). The molecule has 0 aliphatic rings. The van der Waals surface area contributed by atoms with Gasteiger partial charge in [0, 0.05) is 12.6 Å². The van der Waals surface area contributed by atoms with Crippen LogP contribution in [0.15, 0.2) is 71.9 Å². The van der Waals surface area contributed by atoms with Crippen molar-refractivity contribution in [2.75, 3.05) is 6.54 Å². The molecule has 32 heavy (non-hydrogen) atoms. The minimum atomic E-state index is -0.522. The van der Waals surface area contributed by atoms with Crippen LogP contribution in [0.25, 0.3) is 16.7 Å². The van der Waals surface area contributed by atoms with E-state index in [1.165, 1.54) is 39.5 Å². The lowest BCUT2D eigenvalue weighted by Crippen LogP contribution is -2.33. The van der Waals surface area contributed by atoms with E-state index >= 15 is 0 Å². The molecule has 4 rings (SSSR count). The molecule has 4 aromatic rings. The lowest BCUT2D eigenvalue weighted by Gasteiger charge is -2.08. The lowest BCUT2D eigenvalue weighted by atomic mass is 10.1. The summed E-state index contributed by atoms with van der Waals surface area (Å²) in [6.45, 7) is 0.317. The van der Waals surface area contributed by atoms with Crippen molar-refractivity contribution in [1.82, 2.24) is 24.6 Å². The monoisotopic (exact) mass is 432 g/mol. The van der Waals surface area contributed by atoms with E-state index in [0.29, 0.717) is 6.54 Å². The summed E-state index contributed by atoms with van der Waals surface area (Å²) in [5, 5.41) is 18.4. The molecular formula is C22H20N6O4. The van der Waals surface area contributed by atoms with E-state index < -0.39 is 10.5 Å². The van der Waals surface area contributed by atoms with Gasteiger partial charge in [0.1, 0.15) is 23.9 Å². The van der Waals surface area contributed by atoms with E-state index in [1.54, 1.807) is 12.1 Å². The molecule has 0 saturated heterocycles. The van der Waals surface area contributed by atoms with Crippen LogP contribution in [-0.4, -0.2) is 36.7 Å². The van der Waals surface area contributed by atoms with Crippen molar-refractivity contribution < 1.29 is 9.72 Å². The molecule has 0 radical (unpaired) electrons. The van der Waals surface area contributed by atoms with E-state index in [2.05, 4.69) is 15.4 Å². The highest BCUT2D eigenvalue weighted by Crippen LogP contribution is 2.23. The fourth-order valence-corrected chi connectivity index (χ4v) is 3.41. The Morgan fingerprint density at radius 3 is 2.62 bits per heavy atom. The number of aryl methyl sites for hydroxylation is 1. The second-order valence-corrected chi connectivity index (χ2v) is 7.16. The van der Waals surface area contributed by atoms with Crippen LogP contribution in [0.4, 0.5) is 5.69 Å². The first-order chi connectivity index (χ1) is 15.5. The van der Waals surface area contributed by atoms with Gasteiger partial charge in [0.2, 0.25) is 5.91 Å². The highest BCUT2D eigenvalue weighted by atomic mass is 16.6. The fraction of sp³-hybridized carbons (Fsp3) is 0.182. The lowest BCUT2D eigenvalue weighted by molar-refractivity contribution is -0.384. The molecule has 0 atom stereocenters. The van der Waals surface area contributed by atoms with Gasteiger partial charge in [0.25, 0.3) is 11.2 Å². The third-order valence-corrected chi connectivity index (χ3v) is 4.98. The summed E-state index contributed by atoms with van der Waals surface area (Å²) < 4.78 is 2.45. The quantitative estimate of drug-likeness (QED) is 0.259. The Morgan fingerprint density at radius 2 is 1.84 bits per heavy atom. The molecule has 10 nitrogen and oxygen atoms in total. The smallest absolute Gasteiger partial charge is 0.294 e. The first-order valence-corrected chi connectivity index (χ1v) is 10.0. The molecule has 0 aliphatic heterocycles. The Labute approximate surface area is 182 Å². The molecule has 0 spiro atoms. The van der Waals surface area contributed by atoms with Crippen molar-refractivity contribution in [3.05, 3.63) is 93.2 Å². The van der Waals surface area contributed by atoms with Gasteiger partial charge in [-0.15, -0.1) is 0 Å². The van der Waals surface area contributed by atoms with Crippen LogP contribution >= 0.6 is 0 Å². The normalized spacial score (nSPS) is 10.9. The van der Waals surface area contributed by atoms with Crippen LogP contribution < -0.4 is 10.9 Å². The Kier molecular flexibility index (Phi) is 6.02. The number of hydrogen-bond donors (Lipinski definition) is 1. The van der Waals surface area contributed by atoms with Gasteiger partial charge < -0.3 is 5.32 Å². The Balaban J connectivity index is 1.46. The van der Waals surface area contributed by atoms with Crippen LogP contribution in [0.3, 0.4) is 0 Å². The molecule has 0 bridgehead atoms. The molecule has 0 unspecified atom stereocenters. The predicted molar refractivity (Wildman–Crippen MR) is 118 cm³/mol. The van der Waals surface area contributed by atoms with Gasteiger partial charge in [-0.2, -0.15) is 5.10 Å². The average Bonchev–Trinajstić information content (AvgIpc) is 3.24. The summed E-state index contributed by atoms with van der Waals surface area (Å²) in [6.07, 6.45) is 4.18. The predicted octanol–water partition coefficient (Wildman–Crippen LogP) is 2.24. The average molecular weight is 432 g/mol. The van der Waals surface area contributed by atoms with Gasteiger partial charge in [-0.3, -0.25) is 24.3 Å². The number of nitro groups is 1. The number of amides is 1. The molecule has 0 fully saturated rings. The van der Waals surface area contributed by atoms with Crippen molar-refractivity contribution in [1.29, 1.82) is 0 Å². The number of nitro benzene ring substituents is 1. The van der Waals surface area contributed by atoms with E-state index in [0.717, 1.165) is 12.8 Å². The SMILES string of the molecule is O=C(Cn1cnc2c(cnn2-c2ccccc2[N+](=O)[O-])c1=O)NCCCc1ccccc1. The minimum Gasteiger partial charge on any atom is -0.355 e. The van der Waals surface area contributed by atoms with Gasteiger partial charge in [0.05, 0.1) is 11.1 Å². The van der Waals surface area contributed by atoms with E-state index in [4.69, 9.17) is 0 Å². The number of nitrogens with zero attached hydrogens (tertiary/aromatic N) is 5. The number of nitrogens with one attached hydrogen (secondary N) is 1. The zero-order valence-electron chi connectivity index (χ0n) is 17.0. The molecule has 2 heterocycles. The van der Waals surface area contributed by atoms with Crippen molar-refractivity contribution in [3.8, 4) is 5.69 Å². The summed E-state index contributed by atoms with van der Waals surface area (Å²) in [5.74, 6) is -0.299. The van der Waals surface area contributed by atoms with Gasteiger partial charge in [-0.1, -0.05) is 42.5 Å². The maximum Gasteiger partial charge on any atom is 0.294 e. The van der Waals surface area contributed by atoms with E-state index in [-0.39, 0.29) is 34.9 Å². The van der Waals surface area contributed by atoms with Crippen molar-refractivity contribution >= 4 is 22.6 Å². The Bertz CT molecular complexity index is 1330. The maximum absolute atomic E-state index is 12.8. The van der Waals surface area contributed by atoms with Crippen LogP contribution in [0.5, 0.6) is 0 Å². The second kappa shape index (κ2) is 9.21. The third kappa shape index (κ3) is 4.38. The number of fused-ring (bicyclic) bond motifs is 1. The summed E-state index contributed by atoms with van der Waals surface area (Å²) in [6, 6.07) is 16.0. The Hall–Kier alpha value is -4.34. The van der Waals surface area contributed by atoms with Gasteiger partial charge in [-0.05, 0) is 24.5 Å². The molecule has 0 aliphatic carbocycles. The number of rotatable bonds is 8. The molecule has 10 heteroatoms. The van der Waals surface area contributed by atoms with Crippen LogP contribution in [-0.2, 0) is 17.8 Å². The number of hydrogen-bond acceptors (Lipinski definition) is 6. The summed E-state index contributed by atoms with van der Waals surface area (Å²) in [4.78, 5) is 40.1. The number of aromatic nitrogens is 4. The van der Waals surface area contributed by atoms with Gasteiger partial charge in [0.15, 0.2) is 5.65 Å². The molecule has 2 aromatic heterocycles. The zero-order valence-corrected chi connectivity index (χ0v) is 17.0. The van der Waals surface area contributed by atoms with Crippen molar-refractivity contribution in [3.63, 3.8) is 0 Å². The zero-order chi connectivity index (χ0) is 22.5. The minimum absolute atomic E-state index is 0.154. The third-order valence-electron chi connectivity index (χ3n) is 4.98. The highest BCUT2D eigenvalue weighted by Gasteiger charge is 2.19. The van der Waals surface area contributed by atoms with Crippen LogP contribution in [0.1, 0.15) is 12.0 Å². The van der Waals surface area contributed by atoms with E-state index in [1.807, 2.05) is 30.3 Å². The highest BCUT2D eigenvalue weighted by molar-refractivity contribution is 5.78. The summed E-state index contributed by atoms with van der Waals surface area (Å²) in [5.41, 5.74) is 0.984. The molecular weight excluding hydrogens is 412 g/mol. The molecule has 162 valence electrons. The van der Waals surface area contributed by atoms with Crippen LogP contribution in [0.2, 0.25) is 0 Å². The first kappa shape index (κ1) is 20.9. The number of carbonyl (C=O) groups is 1. The van der Waals surface area contributed by atoms with Crippen molar-refractivity contribution in [2.24, 2.45) is 0 Å². The van der Waals surface area contributed by atoms with Gasteiger partial charge >= 0.3 is 0 Å². The fourth-order valence-electron chi connectivity index (χ4n) is 3.41. The largest absolute Gasteiger partial charge is 0.355 e. The number of carbonyl (C=O) groups excluding carboxylic acids is 1. The molecule has 1 amide bonds. The molecule has 1 N–H and O–H groups in total. The van der Waals surface area contributed by atoms with Crippen molar-refractivity contribution in [2.45, 2.75) is 19.4 Å². The van der Waals surface area contributed by atoms with Crippen LogP contribution in [0, 0.1) is 10.1 Å². The number of para-hydroxylation sites is 2. The topological polar surface area (TPSA) is 125 Å². The first-order valence-electron chi connectivity index (χ1n) is 10.0. The van der Waals surface area contributed by atoms with Gasteiger partial charge in [-0.25, -0.2) is 9.67 Å². The second-order valence-electron chi connectivity index (χ2n) is 7.16. The number of benzene rings is 2. The summed E-state index contributed by atoms with van der Waals surface area (Å²) in [7, 11) is 0.